The van der Waals surface area contributed by atoms with Crippen LogP contribution in [-0.2, 0) is 13.1 Å². The molecular weight excluding hydrogens is 358 g/mol. The van der Waals surface area contributed by atoms with Crippen LogP contribution in [0.3, 0.4) is 0 Å². The molecule has 27 heavy (non-hydrogen) atoms. The van der Waals surface area contributed by atoms with Gasteiger partial charge in [0.1, 0.15) is 11.0 Å². The van der Waals surface area contributed by atoms with E-state index >= 15 is 0 Å². The van der Waals surface area contributed by atoms with E-state index < -0.39 is 0 Å². The van der Waals surface area contributed by atoms with Crippen molar-refractivity contribution in [3.05, 3.63) is 76.7 Å². The number of pyridine rings is 1. The van der Waals surface area contributed by atoms with Gasteiger partial charge < -0.3 is 10.6 Å². The number of halogens is 1. The minimum atomic E-state index is 0.694. The molecule has 142 valence electrons. The molecule has 0 radical (unpaired) electrons. The maximum Gasteiger partial charge on any atom is 0.132 e. The molecule has 0 aliphatic heterocycles. The summed E-state index contributed by atoms with van der Waals surface area (Å²) >= 11 is 6.55. The van der Waals surface area contributed by atoms with E-state index in [0.717, 1.165) is 54.7 Å². The number of hydrogen-bond donors (Lipinski definition) is 2. The lowest BCUT2D eigenvalue weighted by Crippen LogP contribution is -2.16. The number of anilines is 1. The maximum atomic E-state index is 6.55. The summed E-state index contributed by atoms with van der Waals surface area (Å²) in [5.74, 6) is 0.929. The standard InChI is InChI=1S/C21H26ClN5/c1-17-19(21(22)27(26-17)16-18-9-3-2-4-10-18)15-23-12-7-8-14-25-20-11-5-6-13-24-20/h2-6,9-11,13,23H,7-8,12,14-16H2,1H3,(H,24,25). The van der Waals surface area contributed by atoms with Crippen LogP contribution in [0.25, 0.3) is 0 Å². The molecule has 0 aliphatic rings. The molecule has 2 aromatic heterocycles. The highest BCUT2D eigenvalue weighted by molar-refractivity contribution is 6.30. The van der Waals surface area contributed by atoms with Gasteiger partial charge in [-0.25, -0.2) is 9.67 Å². The van der Waals surface area contributed by atoms with E-state index in [1.165, 1.54) is 5.56 Å². The van der Waals surface area contributed by atoms with Crippen molar-refractivity contribution in [2.45, 2.75) is 32.9 Å². The summed E-state index contributed by atoms with van der Waals surface area (Å²) in [6.07, 6.45) is 3.98. The lowest BCUT2D eigenvalue weighted by atomic mass is 10.2. The zero-order valence-electron chi connectivity index (χ0n) is 15.7. The van der Waals surface area contributed by atoms with Crippen molar-refractivity contribution in [3.8, 4) is 0 Å². The highest BCUT2D eigenvalue weighted by atomic mass is 35.5. The Labute approximate surface area is 165 Å². The van der Waals surface area contributed by atoms with E-state index in [1.54, 1.807) is 6.20 Å². The van der Waals surface area contributed by atoms with Crippen LogP contribution in [0.2, 0.25) is 5.15 Å². The number of rotatable bonds is 10. The van der Waals surface area contributed by atoms with Crippen LogP contribution >= 0.6 is 11.6 Å². The van der Waals surface area contributed by atoms with Gasteiger partial charge in [-0.2, -0.15) is 5.10 Å². The third-order valence-electron chi connectivity index (χ3n) is 4.41. The molecule has 0 aliphatic carbocycles. The summed E-state index contributed by atoms with van der Waals surface area (Å²) in [6.45, 7) is 5.32. The zero-order valence-corrected chi connectivity index (χ0v) is 16.4. The van der Waals surface area contributed by atoms with Crippen LogP contribution in [0.4, 0.5) is 5.82 Å². The van der Waals surface area contributed by atoms with Crippen molar-refractivity contribution in [3.63, 3.8) is 0 Å². The Balaban J connectivity index is 1.39. The maximum absolute atomic E-state index is 6.55. The van der Waals surface area contributed by atoms with Crippen molar-refractivity contribution in [1.29, 1.82) is 0 Å². The van der Waals surface area contributed by atoms with Crippen LogP contribution in [0.1, 0.15) is 29.7 Å². The van der Waals surface area contributed by atoms with Gasteiger partial charge in [-0.05, 0) is 44.0 Å². The predicted octanol–water partition coefficient (Wildman–Crippen LogP) is 4.27. The molecule has 0 spiro atoms. The fourth-order valence-electron chi connectivity index (χ4n) is 2.92. The van der Waals surface area contributed by atoms with Gasteiger partial charge in [-0.3, -0.25) is 0 Å². The zero-order chi connectivity index (χ0) is 18.9. The van der Waals surface area contributed by atoms with Gasteiger partial charge in [0.25, 0.3) is 0 Å². The second-order valence-corrected chi connectivity index (χ2v) is 6.88. The second-order valence-electron chi connectivity index (χ2n) is 6.52. The summed E-state index contributed by atoms with van der Waals surface area (Å²) < 4.78 is 1.88. The molecule has 2 N–H and O–H groups in total. The first-order valence-electron chi connectivity index (χ1n) is 9.35. The highest BCUT2D eigenvalue weighted by Gasteiger charge is 2.13. The van der Waals surface area contributed by atoms with Crippen LogP contribution < -0.4 is 10.6 Å². The van der Waals surface area contributed by atoms with Gasteiger partial charge in [-0.15, -0.1) is 0 Å². The Bertz CT molecular complexity index is 817. The monoisotopic (exact) mass is 383 g/mol. The van der Waals surface area contributed by atoms with Crippen LogP contribution in [0, 0.1) is 6.92 Å². The Morgan fingerprint density at radius 2 is 1.78 bits per heavy atom. The Morgan fingerprint density at radius 1 is 1.00 bits per heavy atom. The molecule has 0 saturated heterocycles. The Kier molecular flexibility index (Phi) is 7.25. The Hall–Kier alpha value is -2.37. The smallest absolute Gasteiger partial charge is 0.132 e. The first kappa shape index (κ1) is 19.4. The second kappa shape index (κ2) is 10.1. The molecule has 0 bridgehead atoms. The highest BCUT2D eigenvalue weighted by Crippen LogP contribution is 2.20. The van der Waals surface area contributed by atoms with E-state index in [4.69, 9.17) is 11.6 Å². The number of benzene rings is 1. The Morgan fingerprint density at radius 3 is 2.56 bits per heavy atom. The van der Waals surface area contributed by atoms with Crippen LogP contribution in [-0.4, -0.2) is 27.9 Å². The summed E-state index contributed by atoms with van der Waals surface area (Å²) in [5, 5.41) is 12.1. The first-order valence-corrected chi connectivity index (χ1v) is 9.73. The van der Waals surface area contributed by atoms with E-state index in [2.05, 4.69) is 32.8 Å². The molecule has 3 rings (SSSR count). The fraction of sp³-hybridized carbons (Fsp3) is 0.333. The van der Waals surface area contributed by atoms with Crippen molar-refractivity contribution >= 4 is 17.4 Å². The van der Waals surface area contributed by atoms with E-state index in [0.29, 0.717) is 6.54 Å². The average molecular weight is 384 g/mol. The molecule has 0 unspecified atom stereocenters. The van der Waals surface area contributed by atoms with Crippen molar-refractivity contribution in [1.82, 2.24) is 20.1 Å². The van der Waals surface area contributed by atoms with Gasteiger partial charge in [0.05, 0.1) is 12.2 Å². The SMILES string of the molecule is Cc1nn(Cc2ccccc2)c(Cl)c1CNCCCCNc1ccccn1. The van der Waals surface area contributed by atoms with Crippen LogP contribution in [0.5, 0.6) is 0 Å². The minimum Gasteiger partial charge on any atom is -0.370 e. The quantitative estimate of drug-likeness (QED) is 0.513. The molecule has 1 aromatic carbocycles. The molecule has 3 aromatic rings. The van der Waals surface area contributed by atoms with Crippen LogP contribution in [0.15, 0.2) is 54.7 Å². The summed E-state index contributed by atoms with van der Waals surface area (Å²) in [6, 6.07) is 16.1. The number of unbranched alkanes of at least 4 members (excludes halogenated alkanes) is 1. The number of nitrogens with zero attached hydrogens (tertiary/aromatic N) is 3. The van der Waals surface area contributed by atoms with Gasteiger partial charge in [0.15, 0.2) is 0 Å². The molecular formula is C21H26ClN5. The fourth-order valence-corrected chi connectivity index (χ4v) is 3.23. The third kappa shape index (κ3) is 5.81. The molecule has 2 heterocycles. The summed E-state index contributed by atoms with van der Waals surface area (Å²) in [7, 11) is 0. The van der Waals surface area contributed by atoms with E-state index in [9.17, 15) is 0 Å². The third-order valence-corrected chi connectivity index (χ3v) is 4.83. The van der Waals surface area contributed by atoms with E-state index in [-0.39, 0.29) is 0 Å². The predicted molar refractivity (Wildman–Crippen MR) is 111 cm³/mol. The molecule has 0 atom stereocenters. The van der Waals surface area contributed by atoms with Gasteiger partial charge in [0, 0.05) is 24.8 Å². The van der Waals surface area contributed by atoms with Gasteiger partial charge in [0.2, 0.25) is 0 Å². The van der Waals surface area contributed by atoms with Gasteiger partial charge in [-0.1, -0.05) is 48.0 Å². The lowest BCUT2D eigenvalue weighted by Gasteiger charge is -2.07. The number of nitrogens with one attached hydrogen (secondary N) is 2. The van der Waals surface area contributed by atoms with Gasteiger partial charge >= 0.3 is 0 Å². The summed E-state index contributed by atoms with van der Waals surface area (Å²) in [5.41, 5.74) is 3.27. The van der Waals surface area contributed by atoms with E-state index in [1.807, 2.05) is 48.0 Å². The number of aryl methyl sites for hydroxylation is 1. The number of hydrogen-bond acceptors (Lipinski definition) is 4. The molecule has 0 fully saturated rings. The van der Waals surface area contributed by atoms with Crippen molar-refractivity contribution in [2.24, 2.45) is 0 Å². The molecule has 0 amide bonds. The summed E-state index contributed by atoms with van der Waals surface area (Å²) in [4.78, 5) is 4.25. The minimum absolute atomic E-state index is 0.694. The topological polar surface area (TPSA) is 54.8 Å². The average Bonchev–Trinajstić information content (AvgIpc) is 2.96. The van der Waals surface area contributed by atoms with Crippen molar-refractivity contribution < 1.29 is 0 Å². The normalized spacial score (nSPS) is 10.9. The largest absolute Gasteiger partial charge is 0.370 e. The first-order chi connectivity index (χ1) is 13.2. The molecule has 0 saturated carbocycles. The molecule has 6 heteroatoms. The number of aromatic nitrogens is 3. The molecule has 5 nitrogen and oxygen atoms in total. The van der Waals surface area contributed by atoms with Crippen molar-refractivity contribution in [2.75, 3.05) is 18.4 Å². The lowest BCUT2D eigenvalue weighted by molar-refractivity contribution is 0.630.